The van der Waals surface area contributed by atoms with Gasteiger partial charge >= 0.3 is 6.03 Å². The number of carbonyl (C=O) groups is 1. The Balaban J connectivity index is 0.00000288. The van der Waals surface area contributed by atoms with Crippen LogP contribution in [0.4, 0.5) is 10.5 Å². The first kappa shape index (κ1) is 20.3. The SMILES string of the molecule is C#Cc1cccc(NC(=O)NCCN2CCC(N(C)C)CC2)c1.Cl. The van der Waals surface area contributed by atoms with Crippen LogP contribution >= 0.6 is 12.4 Å². The number of piperidine rings is 1. The van der Waals surface area contributed by atoms with Gasteiger partial charge in [-0.2, -0.15) is 0 Å². The summed E-state index contributed by atoms with van der Waals surface area (Å²) in [7, 11) is 4.28. The summed E-state index contributed by atoms with van der Waals surface area (Å²) in [6.07, 6.45) is 7.74. The molecular formula is C18H27ClN4O. The first-order valence-electron chi connectivity index (χ1n) is 8.09. The second-order valence-electron chi connectivity index (χ2n) is 6.14. The molecule has 1 saturated heterocycles. The van der Waals surface area contributed by atoms with Crippen molar-refractivity contribution in [2.45, 2.75) is 18.9 Å². The lowest BCUT2D eigenvalue weighted by Crippen LogP contribution is -2.44. The Morgan fingerprint density at radius 2 is 2.08 bits per heavy atom. The highest BCUT2D eigenvalue weighted by Gasteiger charge is 2.20. The topological polar surface area (TPSA) is 47.6 Å². The molecule has 1 aliphatic rings. The fourth-order valence-corrected chi connectivity index (χ4v) is 2.85. The predicted molar refractivity (Wildman–Crippen MR) is 102 cm³/mol. The monoisotopic (exact) mass is 350 g/mol. The van der Waals surface area contributed by atoms with Crippen molar-refractivity contribution in [1.29, 1.82) is 0 Å². The third kappa shape index (κ3) is 6.40. The maximum Gasteiger partial charge on any atom is 0.319 e. The molecule has 1 aromatic rings. The Morgan fingerprint density at radius 3 is 2.71 bits per heavy atom. The van der Waals surface area contributed by atoms with Crippen LogP contribution in [-0.4, -0.2) is 62.1 Å². The number of carbonyl (C=O) groups excluding carboxylic acids is 1. The molecule has 1 aromatic carbocycles. The third-order valence-corrected chi connectivity index (χ3v) is 4.29. The lowest BCUT2D eigenvalue weighted by Gasteiger charge is -2.35. The van der Waals surface area contributed by atoms with Crippen LogP contribution in [0.25, 0.3) is 0 Å². The first-order valence-corrected chi connectivity index (χ1v) is 8.09. The molecule has 1 aliphatic heterocycles. The van der Waals surface area contributed by atoms with E-state index in [9.17, 15) is 4.79 Å². The number of nitrogens with one attached hydrogen (secondary N) is 2. The summed E-state index contributed by atoms with van der Waals surface area (Å²) >= 11 is 0. The molecule has 2 amide bonds. The molecule has 5 nitrogen and oxygen atoms in total. The van der Waals surface area contributed by atoms with E-state index < -0.39 is 0 Å². The van der Waals surface area contributed by atoms with Gasteiger partial charge in [0.1, 0.15) is 0 Å². The van der Waals surface area contributed by atoms with Gasteiger partial charge in [-0.15, -0.1) is 18.8 Å². The van der Waals surface area contributed by atoms with E-state index in [4.69, 9.17) is 6.42 Å². The number of terminal acetylenes is 1. The molecule has 0 unspecified atom stereocenters. The molecule has 0 bridgehead atoms. The van der Waals surface area contributed by atoms with Crippen LogP contribution in [0.2, 0.25) is 0 Å². The number of likely N-dealkylation sites (tertiary alicyclic amines) is 1. The second-order valence-corrected chi connectivity index (χ2v) is 6.14. The van der Waals surface area contributed by atoms with Crippen LogP contribution in [0.15, 0.2) is 24.3 Å². The average Bonchev–Trinajstić information content (AvgIpc) is 2.55. The van der Waals surface area contributed by atoms with Crippen LogP contribution < -0.4 is 10.6 Å². The van der Waals surface area contributed by atoms with Crippen molar-refractivity contribution in [3.63, 3.8) is 0 Å². The van der Waals surface area contributed by atoms with E-state index in [0.29, 0.717) is 18.3 Å². The minimum absolute atomic E-state index is 0. The van der Waals surface area contributed by atoms with Gasteiger partial charge in [0.05, 0.1) is 0 Å². The van der Waals surface area contributed by atoms with Crippen molar-refractivity contribution < 1.29 is 4.79 Å². The number of hydrogen-bond donors (Lipinski definition) is 2. The summed E-state index contributed by atoms with van der Waals surface area (Å²) in [5, 5.41) is 5.70. The van der Waals surface area contributed by atoms with Gasteiger partial charge in [-0.1, -0.05) is 12.0 Å². The molecule has 0 radical (unpaired) electrons. The van der Waals surface area contributed by atoms with Crippen molar-refractivity contribution in [3.05, 3.63) is 29.8 Å². The van der Waals surface area contributed by atoms with Gasteiger partial charge in [0.15, 0.2) is 0 Å². The molecule has 0 spiro atoms. The van der Waals surface area contributed by atoms with E-state index in [-0.39, 0.29) is 18.4 Å². The molecule has 1 heterocycles. The number of urea groups is 1. The van der Waals surface area contributed by atoms with Gasteiger partial charge in [-0.3, -0.25) is 0 Å². The smallest absolute Gasteiger partial charge is 0.319 e. The molecule has 1 fully saturated rings. The molecular weight excluding hydrogens is 324 g/mol. The van der Waals surface area contributed by atoms with E-state index in [1.807, 2.05) is 18.2 Å². The Hall–Kier alpha value is -1.74. The van der Waals surface area contributed by atoms with Gasteiger partial charge in [0.2, 0.25) is 0 Å². The Kier molecular flexibility index (Phi) is 8.62. The predicted octanol–water partition coefficient (Wildman–Crippen LogP) is 2.24. The Labute approximate surface area is 151 Å². The van der Waals surface area contributed by atoms with Gasteiger partial charge in [-0.05, 0) is 58.2 Å². The lowest BCUT2D eigenvalue weighted by molar-refractivity contribution is 0.146. The summed E-state index contributed by atoms with van der Waals surface area (Å²) in [5.41, 5.74) is 1.47. The maximum atomic E-state index is 11.9. The van der Waals surface area contributed by atoms with Crippen LogP contribution in [0, 0.1) is 12.3 Å². The van der Waals surface area contributed by atoms with Crippen LogP contribution in [0.5, 0.6) is 0 Å². The van der Waals surface area contributed by atoms with E-state index in [0.717, 1.165) is 25.2 Å². The standard InChI is InChI=1S/C18H26N4O.ClH/c1-4-15-6-5-7-16(14-15)20-18(23)19-10-13-22-11-8-17(9-12-22)21(2)3;/h1,5-7,14,17H,8-13H2,2-3H3,(H2,19,20,23);1H. The third-order valence-electron chi connectivity index (χ3n) is 4.29. The zero-order valence-electron chi connectivity index (χ0n) is 14.4. The largest absolute Gasteiger partial charge is 0.337 e. The van der Waals surface area contributed by atoms with E-state index >= 15 is 0 Å². The zero-order chi connectivity index (χ0) is 16.7. The van der Waals surface area contributed by atoms with Crippen molar-refractivity contribution in [2.75, 3.05) is 45.6 Å². The van der Waals surface area contributed by atoms with Crippen LogP contribution in [0.1, 0.15) is 18.4 Å². The van der Waals surface area contributed by atoms with Gasteiger partial charge in [0.25, 0.3) is 0 Å². The number of nitrogens with zero attached hydrogens (tertiary/aromatic N) is 2. The minimum Gasteiger partial charge on any atom is -0.337 e. The zero-order valence-corrected chi connectivity index (χ0v) is 15.2. The van der Waals surface area contributed by atoms with Gasteiger partial charge in [-0.25, -0.2) is 4.79 Å². The average molecular weight is 351 g/mol. The Bertz CT molecular complexity index is 562. The van der Waals surface area contributed by atoms with Gasteiger partial charge < -0.3 is 20.4 Å². The number of benzene rings is 1. The number of halogens is 1. The molecule has 24 heavy (non-hydrogen) atoms. The minimum atomic E-state index is -0.192. The summed E-state index contributed by atoms with van der Waals surface area (Å²) in [5.74, 6) is 2.56. The number of hydrogen-bond acceptors (Lipinski definition) is 3. The Morgan fingerprint density at radius 1 is 1.38 bits per heavy atom. The highest BCUT2D eigenvalue weighted by atomic mass is 35.5. The first-order chi connectivity index (χ1) is 11.1. The molecule has 0 aliphatic carbocycles. The molecule has 0 saturated carbocycles. The van der Waals surface area contributed by atoms with Crippen molar-refractivity contribution in [2.24, 2.45) is 0 Å². The molecule has 6 heteroatoms. The van der Waals surface area contributed by atoms with Crippen molar-refractivity contribution in [1.82, 2.24) is 15.1 Å². The number of anilines is 1. The van der Waals surface area contributed by atoms with E-state index in [1.54, 1.807) is 6.07 Å². The fourth-order valence-electron chi connectivity index (χ4n) is 2.85. The van der Waals surface area contributed by atoms with Crippen LogP contribution in [0.3, 0.4) is 0 Å². The lowest BCUT2D eigenvalue weighted by atomic mass is 10.0. The van der Waals surface area contributed by atoms with E-state index in [2.05, 4.69) is 40.4 Å². The molecule has 132 valence electrons. The van der Waals surface area contributed by atoms with Crippen LogP contribution in [-0.2, 0) is 0 Å². The fraction of sp³-hybridized carbons (Fsp3) is 0.500. The summed E-state index contributed by atoms with van der Waals surface area (Å²) < 4.78 is 0. The molecule has 2 N–H and O–H groups in total. The normalized spacial score (nSPS) is 15.4. The maximum absolute atomic E-state index is 11.9. The highest BCUT2D eigenvalue weighted by Crippen LogP contribution is 2.13. The summed E-state index contributed by atoms with van der Waals surface area (Å²) in [4.78, 5) is 16.6. The summed E-state index contributed by atoms with van der Waals surface area (Å²) in [6, 6.07) is 7.77. The number of amides is 2. The second kappa shape index (κ2) is 10.2. The highest BCUT2D eigenvalue weighted by molar-refractivity contribution is 5.89. The molecule has 0 atom stereocenters. The molecule has 2 rings (SSSR count). The summed E-state index contributed by atoms with van der Waals surface area (Å²) in [6.45, 7) is 3.72. The van der Waals surface area contributed by atoms with Crippen molar-refractivity contribution >= 4 is 24.1 Å². The van der Waals surface area contributed by atoms with Crippen molar-refractivity contribution in [3.8, 4) is 12.3 Å². The van der Waals surface area contributed by atoms with Gasteiger partial charge in [0, 0.05) is 30.4 Å². The quantitative estimate of drug-likeness (QED) is 0.801. The number of rotatable bonds is 5. The molecule has 0 aromatic heterocycles. The van der Waals surface area contributed by atoms with E-state index in [1.165, 1.54) is 12.8 Å².